The topological polar surface area (TPSA) is 78.5 Å². The molecule has 3 rings (SSSR count). The quantitative estimate of drug-likeness (QED) is 0.742. The number of piperazine rings is 1. The predicted molar refractivity (Wildman–Crippen MR) is 102 cm³/mol. The van der Waals surface area contributed by atoms with Crippen LogP contribution in [-0.2, 0) is 14.6 Å². The maximum absolute atomic E-state index is 13.6. The van der Waals surface area contributed by atoms with Gasteiger partial charge in [-0.3, -0.25) is 4.79 Å². The fraction of sp³-hybridized carbons (Fsp3) is 0.316. The van der Waals surface area contributed by atoms with Gasteiger partial charge in [0, 0.05) is 38.3 Å². The second-order valence-corrected chi connectivity index (χ2v) is 8.32. The van der Waals surface area contributed by atoms with Crippen molar-refractivity contribution >= 4 is 27.1 Å². The molecule has 0 spiro atoms. The minimum absolute atomic E-state index is 0.118. The molecule has 0 bridgehead atoms. The van der Waals surface area contributed by atoms with Crippen molar-refractivity contribution in [2.45, 2.75) is 23.1 Å². The number of benzene rings is 2. The van der Waals surface area contributed by atoms with E-state index in [1.807, 2.05) is 0 Å². The predicted octanol–water partition coefficient (Wildman–Crippen LogP) is 2.56. The van der Waals surface area contributed by atoms with Gasteiger partial charge in [-0.1, -0.05) is 6.92 Å². The van der Waals surface area contributed by atoms with Gasteiger partial charge in [0.15, 0.2) is 11.6 Å². The van der Waals surface area contributed by atoms with Crippen LogP contribution in [-0.4, -0.2) is 40.5 Å². The lowest BCUT2D eigenvalue weighted by molar-refractivity contribution is -0.115. The summed E-state index contributed by atoms with van der Waals surface area (Å²) < 4.78 is 52.8. The van der Waals surface area contributed by atoms with Gasteiger partial charge in [-0.25, -0.2) is 17.2 Å². The Labute approximate surface area is 162 Å². The highest BCUT2D eigenvalue weighted by Crippen LogP contribution is 2.32. The molecule has 6 nitrogen and oxygen atoms in total. The molecule has 1 fully saturated rings. The minimum Gasteiger partial charge on any atom is -0.369 e. The monoisotopic (exact) mass is 409 g/mol. The van der Waals surface area contributed by atoms with Gasteiger partial charge in [0.05, 0.1) is 15.5 Å². The molecular formula is C19H21F2N3O3S. The van der Waals surface area contributed by atoms with Crippen LogP contribution in [0.4, 0.5) is 20.2 Å². The minimum atomic E-state index is -4.16. The van der Waals surface area contributed by atoms with Crippen LogP contribution in [0, 0.1) is 11.6 Å². The van der Waals surface area contributed by atoms with Crippen molar-refractivity contribution in [3.63, 3.8) is 0 Å². The van der Waals surface area contributed by atoms with E-state index in [2.05, 4.69) is 15.5 Å². The molecule has 0 aliphatic carbocycles. The van der Waals surface area contributed by atoms with Crippen molar-refractivity contribution in [2.24, 2.45) is 0 Å². The highest BCUT2D eigenvalue weighted by molar-refractivity contribution is 7.91. The lowest BCUT2D eigenvalue weighted by Crippen LogP contribution is -2.43. The number of nitrogens with zero attached hydrogens (tertiary/aromatic N) is 1. The number of carbonyl (C=O) groups excluding carboxylic acids is 1. The van der Waals surface area contributed by atoms with Gasteiger partial charge in [-0.05, 0) is 36.4 Å². The van der Waals surface area contributed by atoms with E-state index in [0.29, 0.717) is 6.07 Å². The van der Waals surface area contributed by atoms with E-state index in [1.165, 1.54) is 6.07 Å². The lowest BCUT2D eigenvalue weighted by atomic mass is 10.2. The number of carbonyl (C=O) groups is 1. The summed E-state index contributed by atoms with van der Waals surface area (Å²) in [5.74, 6) is -2.73. The zero-order valence-electron chi connectivity index (χ0n) is 15.3. The molecule has 150 valence electrons. The highest BCUT2D eigenvalue weighted by atomic mass is 32.2. The van der Waals surface area contributed by atoms with Gasteiger partial charge in [0.2, 0.25) is 15.7 Å². The third-order valence-corrected chi connectivity index (χ3v) is 6.34. The van der Waals surface area contributed by atoms with Gasteiger partial charge in [0.25, 0.3) is 0 Å². The van der Waals surface area contributed by atoms with Crippen LogP contribution in [0.15, 0.2) is 46.2 Å². The third-order valence-electron chi connectivity index (χ3n) is 4.53. The van der Waals surface area contributed by atoms with Crippen LogP contribution in [0.3, 0.4) is 0 Å². The standard InChI is InChI=1S/C19H21F2N3O3S/c1-2-19(25)23-17-11-13(24-9-7-22-8-10-24)3-6-18(17)28(26,27)14-4-5-15(20)16(21)12-14/h3-6,11-12,22H,2,7-10H2,1H3,(H,23,25). The molecule has 0 aromatic heterocycles. The van der Waals surface area contributed by atoms with Crippen LogP contribution in [0.5, 0.6) is 0 Å². The molecule has 1 saturated heterocycles. The Morgan fingerprint density at radius 3 is 2.46 bits per heavy atom. The second-order valence-electron chi connectivity index (χ2n) is 6.40. The van der Waals surface area contributed by atoms with Crippen molar-refractivity contribution in [3.05, 3.63) is 48.0 Å². The average molecular weight is 409 g/mol. The molecule has 0 radical (unpaired) electrons. The number of hydrogen-bond acceptors (Lipinski definition) is 5. The highest BCUT2D eigenvalue weighted by Gasteiger charge is 2.25. The molecule has 0 saturated carbocycles. The van der Waals surface area contributed by atoms with Crippen molar-refractivity contribution in [1.82, 2.24) is 5.32 Å². The molecular weight excluding hydrogens is 388 g/mol. The Morgan fingerprint density at radius 1 is 1.11 bits per heavy atom. The Bertz CT molecular complexity index is 990. The first-order chi connectivity index (χ1) is 13.3. The molecule has 2 aromatic carbocycles. The van der Waals surface area contributed by atoms with Crippen LogP contribution in [0.1, 0.15) is 13.3 Å². The van der Waals surface area contributed by atoms with Gasteiger partial charge in [-0.15, -0.1) is 0 Å². The van der Waals surface area contributed by atoms with E-state index >= 15 is 0 Å². The molecule has 0 atom stereocenters. The van der Waals surface area contributed by atoms with E-state index in [-0.39, 0.29) is 27.8 Å². The third kappa shape index (κ3) is 4.15. The van der Waals surface area contributed by atoms with Crippen molar-refractivity contribution in [1.29, 1.82) is 0 Å². The number of rotatable bonds is 5. The SMILES string of the molecule is CCC(=O)Nc1cc(N2CCNCC2)ccc1S(=O)(=O)c1ccc(F)c(F)c1. The molecule has 0 unspecified atom stereocenters. The summed E-state index contributed by atoms with van der Waals surface area (Å²) in [5, 5.41) is 5.85. The summed E-state index contributed by atoms with van der Waals surface area (Å²) in [6.07, 6.45) is 0.169. The molecule has 9 heteroatoms. The number of anilines is 2. The number of halogens is 2. The summed E-state index contributed by atoms with van der Waals surface area (Å²) >= 11 is 0. The molecule has 1 aliphatic heterocycles. The first-order valence-corrected chi connectivity index (χ1v) is 10.4. The number of amides is 1. The van der Waals surface area contributed by atoms with Gasteiger partial charge in [-0.2, -0.15) is 0 Å². The zero-order valence-corrected chi connectivity index (χ0v) is 16.2. The van der Waals surface area contributed by atoms with E-state index < -0.39 is 21.5 Å². The zero-order chi connectivity index (χ0) is 20.3. The van der Waals surface area contributed by atoms with Gasteiger partial charge in [0.1, 0.15) is 0 Å². The largest absolute Gasteiger partial charge is 0.369 e. The summed E-state index contributed by atoms with van der Waals surface area (Å²) in [7, 11) is -4.16. The van der Waals surface area contributed by atoms with Crippen LogP contribution in [0.2, 0.25) is 0 Å². The number of hydrogen-bond donors (Lipinski definition) is 2. The van der Waals surface area contributed by atoms with Crippen molar-refractivity contribution in [2.75, 3.05) is 36.4 Å². The summed E-state index contributed by atoms with van der Waals surface area (Å²) in [5.41, 5.74) is 0.893. The van der Waals surface area contributed by atoms with E-state index in [0.717, 1.165) is 44.0 Å². The van der Waals surface area contributed by atoms with E-state index in [1.54, 1.807) is 19.1 Å². The summed E-state index contributed by atoms with van der Waals surface area (Å²) in [6.45, 7) is 4.74. The van der Waals surface area contributed by atoms with Crippen LogP contribution >= 0.6 is 0 Å². The Hall–Kier alpha value is -2.52. The molecule has 1 heterocycles. The fourth-order valence-corrected chi connectivity index (χ4v) is 4.39. The number of sulfone groups is 1. The van der Waals surface area contributed by atoms with Gasteiger partial charge < -0.3 is 15.5 Å². The molecule has 2 aromatic rings. The maximum atomic E-state index is 13.6. The molecule has 28 heavy (non-hydrogen) atoms. The maximum Gasteiger partial charge on any atom is 0.224 e. The Balaban J connectivity index is 2.07. The Morgan fingerprint density at radius 2 is 1.82 bits per heavy atom. The molecule has 2 N–H and O–H groups in total. The van der Waals surface area contributed by atoms with E-state index in [4.69, 9.17) is 0 Å². The first kappa shape index (κ1) is 20.2. The summed E-state index contributed by atoms with van der Waals surface area (Å²) in [4.78, 5) is 13.5. The smallest absolute Gasteiger partial charge is 0.224 e. The average Bonchev–Trinajstić information content (AvgIpc) is 2.70. The lowest BCUT2D eigenvalue weighted by Gasteiger charge is -2.30. The first-order valence-electron chi connectivity index (χ1n) is 8.92. The van der Waals surface area contributed by atoms with Crippen LogP contribution in [0.25, 0.3) is 0 Å². The molecule has 1 aliphatic rings. The second kappa shape index (κ2) is 8.24. The number of nitrogens with one attached hydrogen (secondary N) is 2. The van der Waals surface area contributed by atoms with Gasteiger partial charge >= 0.3 is 0 Å². The van der Waals surface area contributed by atoms with Crippen molar-refractivity contribution in [3.8, 4) is 0 Å². The summed E-state index contributed by atoms with van der Waals surface area (Å²) in [6, 6.07) is 7.05. The van der Waals surface area contributed by atoms with Crippen LogP contribution < -0.4 is 15.5 Å². The van der Waals surface area contributed by atoms with E-state index in [9.17, 15) is 22.0 Å². The Kier molecular flexibility index (Phi) is 5.95. The normalized spacial score (nSPS) is 14.8. The fourth-order valence-electron chi connectivity index (χ4n) is 2.98. The van der Waals surface area contributed by atoms with Crippen molar-refractivity contribution < 1.29 is 22.0 Å². The molecule has 1 amide bonds.